The van der Waals surface area contributed by atoms with Crippen LogP contribution in [0.4, 0.5) is 0 Å². The quantitative estimate of drug-likeness (QED) is 0.716. The van der Waals surface area contributed by atoms with Crippen LogP contribution < -0.4 is 5.32 Å². The first-order valence-corrected chi connectivity index (χ1v) is 7.30. The van der Waals surface area contributed by atoms with Gasteiger partial charge in [0, 0.05) is 12.8 Å². The number of nitrogens with zero attached hydrogens (tertiary/aromatic N) is 3. The van der Waals surface area contributed by atoms with Gasteiger partial charge in [-0.1, -0.05) is 12.5 Å². The molecule has 0 N–H and O–H groups in total. The summed E-state index contributed by atoms with van der Waals surface area (Å²) in [5.74, 6) is 0. The van der Waals surface area contributed by atoms with Crippen molar-refractivity contribution in [2.45, 2.75) is 62.6 Å². The maximum Gasteiger partial charge on any atom is 0.0804 e. The Morgan fingerprint density at radius 2 is 2.06 bits per heavy atom. The second-order valence-electron chi connectivity index (χ2n) is 5.59. The standard InChI is InChI=1S/C15H22N3/c1-4-10-16-13(7-1)15(9-3-6-12-18-15)14-8-2-5-11-17-14/h1,4,10-11,13-14H,2-3,5-9,12H2. The molecule has 0 spiro atoms. The number of allylic oxidation sites excluding steroid dienone is 1. The highest BCUT2D eigenvalue weighted by atomic mass is 15.1. The predicted molar refractivity (Wildman–Crippen MR) is 75.8 cm³/mol. The molecular formula is C15H22N3. The summed E-state index contributed by atoms with van der Waals surface area (Å²) in [5.41, 5.74) is -0.00354. The van der Waals surface area contributed by atoms with E-state index in [0.717, 1.165) is 19.4 Å². The molecule has 0 saturated carbocycles. The van der Waals surface area contributed by atoms with E-state index in [1.807, 2.05) is 6.21 Å². The zero-order valence-electron chi connectivity index (χ0n) is 11.0. The molecule has 3 rings (SSSR count). The highest BCUT2D eigenvalue weighted by molar-refractivity contribution is 5.72. The lowest BCUT2D eigenvalue weighted by Gasteiger charge is -2.46. The molecule has 3 heteroatoms. The molecule has 18 heavy (non-hydrogen) atoms. The summed E-state index contributed by atoms with van der Waals surface area (Å²) in [7, 11) is 0. The van der Waals surface area contributed by atoms with Crippen LogP contribution in [0, 0.1) is 0 Å². The van der Waals surface area contributed by atoms with Gasteiger partial charge in [0.15, 0.2) is 0 Å². The Morgan fingerprint density at radius 3 is 2.72 bits per heavy atom. The van der Waals surface area contributed by atoms with Gasteiger partial charge >= 0.3 is 0 Å². The summed E-state index contributed by atoms with van der Waals surface area (Å²) in [6.07, 6.45) is 16.7. The van der Waals surface area contributed by atoms with E-state index in [4.69, 9.17) is 15.3 Å². The second kappa shape index (κ2) is 5.35. The van der Waals surface area contributed by atoms with E-state index in [2.05, 4.69) is 18.4 Å². The molecular weight excluding hydrogens is 222 g/mol. The third kappa shape index (κ3) is 2.16. The number of dihydropyridines is 1. The first kappa shape index (κ1) is 12.1. The third-order valence-electron chi connectivity index (χ3n) is 4.49. The summed E-state index contributed by atoms with van der Waals surface area (Å²) >= 11 is 0. The van der Waals surface area contributed by atoms with E-state index in [1.54, 1.807) is 0 Å². The van der Waals surface area contributed by atoms with Crippen molar-refractivity contribution in [1.82, 2.24) is 5.32 Å². The van der Waals surface area contributed by atoms with E-state index in [0.29, 0.717) is 12.1 Å². The van der Waals surface area contributed by atoms with Crippen molar-refractivity contribution in [3.05, 3.63) is 12.2 Å². The minimum absolute atomic E-state index is 0.00354. The molecule has 0 aromatic rings. The maximum atomic E-state index is 5.05. The Labute approximate surface area is 109 Å². The van der Waals surface area contributed by atoms with Crippen LogP contribution in [0.2, 0.25) is 0 Å². The molecule has 0 aliphatic carbocycles. The normalized spacial score (nSPS) is 40.0. The minimum atomic E-state index is -0.00354. The molecule has 0 bridgehead atoms. The van der Waals surface area contributed by atoms with E-state index in [1.165, 1.54) is 32.1 Å². The van der Waals surface area contributed by atoms with Gasteiger partial charge in [-0.05, 0) is 50.8 Å². The van der Waals surface area contributed by atoms with Gasteiger partial charge in [0.1, 0.15) is 0 Å². The second-order valence-corrected chi connectivity index (χ2v) is 5.59. The van der Waals surface area contributed by atoms with Crippen molar-refractivity contribution >= 4 is 12.4 Å². The Kier molecular flexibility index (Phi) is 3.59. The van der Waals surface area contributed by atoms with E-state index >= 15 is 0 Å². The monoisotopic (exact) mass is 244 g/mol. The SMILES string of the molecule is C1=CCC(C2(C3CCCC=N3)CCCC[N]2)N=C1. The van der Waals surface area contributed by atoms with Crippen LogP contribution >= 0.6 is 0 Å². The molecule has 3 aliphatic rings. The molecule has 0 aromatic carbocycles. The number of rotatable bonds is 2. The van der Waals surface area contributed by atoms with Crippen molar-refractivity contribution in [2.75, 3.05) is 6.54 Å². The Balaban J connectivity index is 1.87. The molecule has 3 heterocycles. The fraction of sp³-hybridized carbons (Fsp3) is 0.733. The Bertz CT molecular complexity index is 360. The van der Waals surface area contributed by atoms with Crippen LogP contribution in [-0.4, -0.2) is 36.6 Å². The van der Waals surface area contributed by atoms with E-state index in [-0.39, 0.29) is 5.54 Å². The van der Waals surface area contributed by atoms with Gasteiger partial charge < -0.3 is 0 Å². The summed E-state index contributed by atoms with van der Waals surface area (Å²) in [5, 5.41) is 5.05. The smallest absolute Gasteiger partial charge is 0.0804 e. The molecule has 97 valence electrons. The molecule has 0 aromatic heterocycles. The van der Waals surface area contributed by atoms with Gasteiger partial charge in [0.25, 0.3) is 0 Å². The van der Waals surface area contributed by atoms with Crippen molar-refractivity contribution in [1.29, 1.82) is 0 Å². The van der Waals surface area contributed by atoms with Crippen molar-refractivity contribution in [3.8, 4) is 0 Å². The highest BCUT2D eigenvalue weighted by Gasteiger charge is 2.47. The molecule has 0 amide bonds. The zero-order valence-corrected chi connectivity index (χ0v) is 11.0. The largest absolute Gasteiger partial charge is 0.292 e. The average Bonchev–Trinajstić information content (AvgIpc) is 2.50. The lowest BCUT2D eigenvalue weighted by Crippen LogP contribution is -2.59. The van der Waals surface area contributed by atoms with Crippen LogP contribution in [0.15, 0.2) is 22.1 Å². The van der Waals surface area contributed by atoms with Crippen molar-refractivity contribution < 1.29 is 0 Å². The Morgan fingerprint density at radius 1 is 1.06 bits per heavy atom. The summed E-state index contributed by atoms with van der Waals surface area (Å²) < 4.78 is 0. The summed E-state index contributed by atoms with van der Waals surface area (Å²) in [6, 6.07) is 0.697. The molecule has 3 atom stereocenters. The number of hydrogen-bond donors (Lipinski definition) is 0. The van der Waals surface area contributed by atoms with Crippen molar-refractivity contribution in [3.63, 3.8) is 0 Å². The summed E-state index contributed by atoms with van der Waals surface area (Å²) in [4.78, 5) is 9.50. The van der Waals surface area contributed by atoms with Gasteiger partial charge in [-0.2, -0.15) is 0 Å². The third-order valence-corrected chi connectivity index (χ3v) is 4.49. The van der Waals surface area contributed by atoms with Crippen LogP contribution in [0.3, 0.4) is 0 Å². The van der Waals surface area contributed by atoms with Gasteiger partial charge in [-0.25, -0.2) is 5.32 Å². The predicted octanol–water partition coefficient (Wildman–Crippen LogP) is 2.54. The topological polar surface area (TPSA) is 38.8 Å². The Hall–Kier alpha value is -0.960. The van der Waals surface area contributed by atoms with E-state index < -0.39 is 0 Å². The zero-order chi connectivity index (χ0) is 12.3. The molecule has 1 fully saturated rings. The lowest BCUT2D eigenvalue weighted by molar-refractivity contribution is 0.157. The highest BCUT2D eigenvalue weighted by Crippen LogP contribution is 2.37. The maximum absolute atomic E-state index is 5.05. The number of piperidine rings is 1. The van der Waals surface area contributed by atoms with Gasteiger partial charge in [-0.3, -0.25) is 9.98 Å². The van der Waals surface area contributed by atoms with Crippen LogP contribution in [0.25, 0.3) is 0 Å². The molecule has 3 nitrogen and oxygen atoms in total. The average molecular weight is 244 g/mol. The fourth-order valence-electron chi connectivity index (χ4n) is 3.53. The molecule has 3 unspecified atom stereocenters. The number of hydrogen-bond acceptors (Lipinski definition) is 2. The van der Waals surface area contributed by atoms with Gasteiger partial charge in [0.05, 0.1) is 17.6 Å². The first-order valence-electron chi connectivity index (χ1n) is 7.30. The molecule has 1 radical (unpaired) electrons. The first-order chi connectivity index (χ1) is 8.92. The van der Waals surface area contributed by atoms with Crippen molar-refractivity contribution in [2.24, 2.45) is 9.98 Å². The fourth-order valence-corrected chi connectivity index (χ4v) is 3.53. The summed E-state index contributed by atoms with van der Waals surface area (Å²) in [6.45, 7) is 1.00. The van der Waals surface area contributed by atoms with Gasteiger partial charge in [0.2, 0.25) is 0 Å². The molecule has 3 aliphatic heterocycles. The van der Waals surface area contributed by atoms with Crippen LogP contribution in [0.1, 0.15) is 44.9 Å². The lowest BCUT2D eigenvalue weighted by atomic mass is 9.73. The van der Waals surface area contributed by atoms with E-state index in [9.17, 15) is 0 Å². The molecule has 1 saturated heterocycles. The van der Waals surface area contributed by atoms with Crippen LogP contribution in [0.5, 0.6) is 0 Å². The minimum Gasteiger partial charge on any atom is -0.292 e. The number of aliphatic imine (C=N–C) groups is 2. The van der Waals surface area contributed by atoms with Gasteiger partial charge in [-0.15, -0.1) is 0 Å². The van der Waals surface area contributed by atoms with Crippen LogP contribution in [-0.2, 0) is 0 Å².